The highest BCUT2D eigenvalue weighted by molar-refractivity contribution is 7.07. The number of likely N-dealkylation sites (tertiary alicyclic amines) is 1. The van der Waals surface area contributed by atoms with Crippen LogP contribution >= 0.6 is 11.5 Å². The number of rotatable bonds is 3. The van der Waals surface area contributed by atoms with Crippen molar-refractivity contribution in [2.45, 2.75) is 6.42 Å². The zero-order valence-corrected chi connectivity index (χ0v) is 9.46. The highest BCUT2D eigenvalue weighted by Crippen LogP contribution is 2.18. The topological polar surface area (TPSA) is 58.1 Å². The minimum atomic E-state index is 0.0728. The third kappa shape index (κ3) is 2.32. The lowest BCUT2D eigenvalue weighted by Crippen LogP contribution is -2.29. The molecule has 0 saturated carbocycles. The average molecular weight is 226 g/mol. The monoisotopic (exact) mass is 226 g/mol. The van der Waals surface area contributed by atoms with Crippen LogP contribution in [0.5, 0.6) is 0 Å². The lowest BCUT2D eigenvalue weighted by Gasteiger charge is -2.14. The first-order valence-corrected chi connectivity index (χ1v) is 5.80. The summed E-state index contributed by atoms with van der Waals surface area (Å²) in [6, 6.07) is 0. The Morgan fingerprint density at radius 1 is 1.80 bits per heavy atom. The molecule has 1 N–H and O–H groups in total. The Bertz CT molecular complexity index is 327. The SMILES string of the molecule is CNCC1CCN(C(=O)c2cnns2)C1. The second-order valence-corrected chi connectivity index (χ2v) is 4.53. The van der Waals surface area contributed by atoms with Crippen molar-refractivity contribution in [3.8, 4) is 0 Å². The minimum Gasteiger partial charge on any atom is -0.338 e. The fourth-order valence-electron chi connectivity index (χ4n) is 1.89. The summed E-state index contributed by atoms with van der Waals surface area (Å²) >= 11 is 1.16. The highest BCUT2D eigenvalue weighted by atomic mass is 32.1. The first kappa shape index (κ1) is 10.5. The number of amides is 1. The molecule has 1 atom stereocenters. The third-order valence-electron chi connectivity index (χ3n) is 2.64. The summed E-state index contributed by atoms with van der Waals surface area (Å²) in [6.07, 6.45) is 2.62. The predicted molar refractivity (Wildman–Crippen MR) is 57.8 cm³/mol. The molecule has 0 aliphatic carbocycles. The molecule has 1 aliphatic heterocycles. The van der Waals surface area contributed by atoms with Gasteiger partial charge in [-0.1, -0.05) is 4.49 Å². The van der Waals surface area contributed by atoms with E-state index < -0.39 is 0 Å². The number of carbonyl (C=O) groups is 1. The van der Waals surface area contributed by atoms with Crippen molar-refractivity contribution >= 4 is 17.4 Å². The van der Waals surface area contributed by atoms with Gasteiger partial charge in [-0.25, -0.2) is 0 Å². The summed E-state index contributed by atoms with van der Waals surface area (Å²) in [6.45, 7) is 2.67. The van der Waals surface area contributed by atoms with Crippen molar-refractivity contribution in [2.75, 3.05) is 26.7 Å². The molecule has 82 valence electrons. The molecule has 1 unspecified atom stereocenters. The van der Waals surface area contributed by atoms with Crippen LogP contribution in [0, 0.1) is 5.92 Å². The van der Waals surface area contributed by atoms with E-state index in [4.69, 9.17) is 0 Å². The fourth-order valence-corrected chi connectivity index (χ4v) is 2.37. The van der Waals surface area contributed by atoms with Crippen LogP contribution in [0.25, 0.3) is 0 Å². The van der Waals surface area contributed by atoms with Crippen LogP contribution in [0.2, 0.25) is 0 Å². The summed E-state index contributed by atoms with van der Waals surface area (Å²) < 4.78 is 3.70. The van der Waals surface area contributed by atoms with Gasteiger partial charge in [-0.05, 0) is 37.5 Å². The van der Waals surface area contributed by atoms with E-state index in [9.17, 15) is 4.79 Å². The van der Waals surface area contributed by atoms with Gasteiger partial charge in [-0.2, -0.15) is 0 Å². The fraction of sp³-hybridized carbons (Fsp3) is 0.667. The Labute approximate surface area is 92.6 Å². The van der Waals surface area contributed by atoms with E-state index in [1.807, 2.05) is 11.9 Å². The average Bonchev–Trinajstić information content (AvgIpc) is 2.87. The molecule has 0 bridgehead atoms. The summed E-state index contributed by atoms with van der Waals surface area (Å²) in [7, 11) is 1.94. The summed E-state index contributed by atoms with van der Waals surface area (Å²) in [5.74, 6) is 0.656. The smallest absolute Gasteiger partial charge is 0.267 e. The van der Waals surface area contributed by atoms with E-state index in [0.717, 1.165) is 37.6 Å². The van der Waals surface area contributed by atoms with Crippen LogP contribution in [-0.2, 0) is 0 Å². The number of hydrogen-bond acceptors (Lipinski definition) is 5. The third-order valence-corrected chi connectivity index (χ3v) is 3.29. The lowest BCUT2D eigenvalue weighted by molar-refractivity contribution is 0.0792. The van der Waals surface area contributed by atoms with Gasteiger partial charge >= 0.3 is 0 Å². The van der Waals surface area contributed by atoms with Crippen LogP contribution in [0.4, 0.5) is 0 Å². The molecule has 6 heteroatoms. The Morgan fingerprint density at radius 2 is 2.67 bits per heavy atom. The molecule has 1 aliphatic rings. The van der Waals surface area contributed by atoms with E-state index in [-0.39, 0.29) is 5.91 Å². The first-order chi connectivity index (χ1) is 7.31. The maximum Gasteiger partial charge on any atom is 0.267 e. The van der Waals surface area contributed by atoms with Crippen molar-refractivity contribution in [1.82, 2.24) is 19.8 Å². The van der Waals surface area contributed by atoms with Gasteiger partial charge in [0, 0.05) is 13.1 Å². The van der Waals surface area contributed by atoms with Crippen LogP contribution in [-0.4, -0.2) is 47.1 Å². The van der Waals surface area contributed by atoms with Gasteiger partial charge in [-0.15, -0.1) is 5.10 Å². The molecule has 1 aromatic heterocycles. The molecule has 1 saturated heterocycles. The summed E-state index contributed by atoms with van der Waals surface area (Å²) in [5.41, 5.74) is 0. The zero-order valence-electron chi connectivity index (χ0n) is 8.64. The van der Waals surface area contributed by atoms with Gasteiger partial charge in [0.15, 0.2) is 0 Å². The Balaban J connectivity index is 1.93. The van der Waals surface area contributed by atoms with Crippen LogP contribution < -0.4 is 5.32 Å². The van der Waals surface area contributed by atoms with E-state index in [2.05, 4.69) is 14.9 Å². The molecule has 1 amide bonds. The molecular formula is C9H14N4OS. The van der Waals surface area contributed by atoms with Crippen molar-refractivity contribution < 1.29 is 4.79 Å². The Morgan fingerprint density at radius 3 is 3.33 bits per heavy atom. The van der Waals surface area contributed by atoms with Crippen LogP contribution in [0.15, 0.2) is 6.20 Å². The van der Waals surface area contributed by atoms with Crippen LogP contribution in [0.3, 0.4) is 0 Å². The van der Waals surface area contributed by atoms with Gasteiger partial charge in [0.05, 0.1) is 6.20 Å². The molecule has 1 fully saturated rings. The van der Waals surface area contributed by atoms with Crippen molar-refractivity contribution in [2.24, 2.45) is 5.92 Å². The second-order valence-electron chi connectivity index (χ2n) is 3.75. The van der Waals surface area contributed by atoms with Gasteiger partial charge in [-0.3, -0.25) is 4.79 Å². The normalized spacial score (nSPS) is 20.9. The van der Waals surface area contributed by atoms with Crippen molar-refractivity contribution in [3.63, 3.8) is 0 Å². The molecule has 15 heavy (non-hydrogen) atoms. The molecule has 2 rings (SSSR count). The number of nitrogens with zero attached hydrogens (tertiary/aromatic N) is 3. The molecule has 0 aromatic carbocycles. The predicted octanol–water partition coefficient (Wildman–Crippen LogP) is 0.220. The molecule has 1 aromatic rings. The molecular weight excluding hydrogens is 212 g/mol. The largest absolute Gasteiger partial charge is 0.338 e. The Hall–Kier alpha value is -1.01. The lowest BCUT2D eigenvalue weighted by atomic mass is 10.1. The van der Waals surface area contributed by atoms with Crippen molar-refractivity contribution in [1.29, 1.82) is 0 Å². The van der Waals surface area contributed by atoms with Gasteiger partial charge in [0.2, 0.25) is 0 Å². The zero-order chi connectivity index (χ0) is 10.7. The number of nitrogens with one attached hydrogen (secondary N) is 1. The summed E-state index contributed by atoms with van der Waals surface area (Å²) in [5, 5.41) is 6.82. The van der Waals surface area contributed by atoms with Gasteiger partial charge < -0.3 is 10.2 Å². The van der Waals surface area contributed by atoms with E-state index >= 15 is 0 Å². The highest BCUT2D eigenvalue weighted by Gasteiger charge is 2.27. The first-order valence-electron chi connectivity index (χ1n) is 5.02. The molecule has 5 nitrogen and oxygen atoms in total. The van der Waals surface area contributed by atoms with Gasteiger partial charge in [0.25, 0.3) is 5.91 Å². The molecule has 0 radical (unpaired) electrons. The van der Waals surface area contributed by atoms with E-state index in [1.54, 1.807) is 6.20 Å². The van der Waals surface area contributed by atoms with E-state index in [0.29, 0.717) is 10.8 Å². The molecule has 0 spiro atoms. The maximum atomic E-state index is 11.9. The molecule has 2 heterocycles. The number of aromatic nitrogens is 2. The minimum absolute atomic E-state index is 0.0728. The Kier molecular flexibility index (Phi) is 3.27. The summed E-state index contributed by atoms with van der Waals surface area (Å²) in [4.78, 5) is 14.4. The van der Waals surface area contributed by atoms with Gasteiger partial charge in [0.1, 0.15) is 4.88 Å². The quantitative estimate of drug-likeness (QED) is 0.801. The standard InChI is InChI=1S/C9H14N4OS/c1-10-4-7-2-3-13(6-7)9(14)8-5-11-12-15-8/h5,7,10H,2-4,6H2,1H3. The van der Waals surface area contributed by atoms with Crippen molar-refractivity contribution in [3.05, 3.63) is 11.1 Å². The maximum absolute atomic E-state index is 11.9. The van der Waals surface area contributed by atoms with E-state index in [1.165, 1.54) is 0 Å². The second kappa shape index (κ2) is 4.67. The number of hydrogen-bond donors (Lipinski definition) is 1. The number of carbonyl (C=O) groups excluding carboxylic acids is 1. The van der Waals surface area contributed by atoms with Crippen LogP contribution in [0.1, 0.15) is 16.1 Å².